The number of carbonyl (C=O) groups is 2. The Hall–Kier alpha value is -2.87. The maximum absolute atomic E-state index is 12.6. The van der Waals surface area contributed by atoms with Crippen LogP contribution < -0.4 is 5.32 Å². The van der Waals surface area contributed by atoms with Crippen LogP contribution in [-0.2, 0) is 14.3 Å². The number of non-ortho nitro benzene ring substituents is 1. The third kappa shape index (κ3) is 5.32. The number of esters is 1. The van der Waals surface area contributed by atoms with E-state index in [1.165, 1.54) is 23.9 Å². The summed E-state index contributed by atoms with van der Waals surface area (Å²) in [6.45, 7) is 1.68. The van der Waals surface area contributed by atoms with Gasteiger partial charge in [-0.1, -0.05) is 30.3 Å². The molecule has 2 aromatic carbocycles. The fraction of sp³-hybridized carbons (Fsp3) is 0.300. The number of nitrogens with one attached hydrogen (secondary N) is 1. The molecular weight excluding hydrogens is 380 g/mol. The van der Waals surface area contributed by atoms with Crippen LogP contribution in [0.25, 0.3) is 0 Å². The Labute approximate surface area is 166 Å². The molecule has 8 heteroatoms. The van der Waals surface area contributed by atoms with Crippen LogP contribution in [-0.4, -0.2) is 28.1 Å². The summed E-state index contributed by atoms with van der Waals surface area (Å²) >= 11 is 1.22. The Bertz CT molecular complexity index is 853. The second-order valence-corrected chi connectivity index (χ2v) is 7.94. The second-order valence-electron chi connectivity index (χ2n) is 6.52. The number of nitrogens with zero attached hydrogens (tertiary/aromatic N) is 1. The van der Waals surface area contributed by atoms with E-state index < -0.39 is 22.2 Å². The van der Waals surface area contributed by atoms with E-state index >= 15 is 0 Å². The lowest BCUT2D eigenvalue weighted by Gasteiger charge is -2.20. The minimum absolute atomic E-state index is 0.0135. The standard InChI is InChI=1S/C20H20N2O5S/c1-13(28-17-11-9-16(10-12-17)22(25)26)20(24)27-18(14-5-3-2-4-6-14)19(23)21-15-7-8-15/h2-6,9-13,15,18H,7-8H2,1H3,(H,21,23)/t13-,18+/m0/s1. The topological polar surface area (TPSA) is 98.5 Å². The van der Waals surface area contributed by atoms with Crippen molar-refractivity contribution in [2.24, 2.45) is 0 Å². The summed E-state index contributed by atoms with van der Waals surface area (Å²) in [6, 6.07) is 15.0. The van der Waals surface area contributed by atoms with Crippen molar-refractivity contribution >= 4 is 29.3 Å². The number of amides is 1. The van der Waals surface area contributed by atoms with Crippen LogP contribution in [0.15, 0.2) is 59.5 Å². The molecular formula is C20H20N2O5S. The van der Waals surface area contributed by atoms with Crippen LogP contribution in [0.3, 0.4) is 0 Å². The zero-order valence-electron chi connectivity index (χ0n) is 15.2. The maximum Gasteiger partial charge on any atom is 0.320 e. The molecule has 1 amide bonds. The van der Waals surface area contributed by atoms with Crippen molar-refractivity contribution in [1.82, 2.24) is 5.32 Å². The molecule has 28 heavy (non-hydrogen) atoms. The molecule has 0 saturated heterocycles. The molecule has 0 heterocycles. The predicted octanol–water partition coefficient (Wildman–Crippen LogP) is 3.64. The Kier molecular flexibility index (Phi) is 6.30. The smallest absolute Gasteiger partial charge is 0.320 e. The molecule has 146 valence electrons. The first-order chi connectivity index (χ1) is 13.4. The van der Waals surface area contributed by atoms with Crippen molar-refractivity contribution in [2.75, 3.05) is 0 Å². The minimum atomic E-state index is -1.01. The molecule has 1 aliphatic rings. The van der Waals surface area contributed by atoms with Crippen LogP contribution in [0.4, 0.5) is 5.69 Å². The lowest BCUT2D eigenvalue weighted by atomic mass is 10.1. The molecule has 3 rings (SSSR count). The Morgan fingerprint density at radius 2 is 1.79 bits per heavy atom. The highest BCUT2D eigenvalue weighted by Gasteiger charge is 2.32. The SMILES string of the molecule is C[C@H](Sc1ccc([N+](=O)[O-])cc1)C(=O)O[C@@H](C(=O)NC1CC1)c1ccccc1. The van der Waals surface area contributed by atoms with Crippen molar-refractivity contribution < 1.29 is 19.2 Å². The third-order valence-corrected chi connectivity index (χ3v) is 5.28. The number of hydrogen-bond acceptors (Lipinski definition) is 6. The van der Waals surface area contributed by atoms with E-state index in [0.717, 1.165) is 12.8 Å². The maximum atomic E-state index is 12.6. The summed E-state index contributed by atoms with van der Waals surface area (Å²) in [5, 5.41) is 13.0. The third-order valence-electron chi connectivity index (χ3n) is 4.19. The molecule has 1 aliphatic carbocycles. The van der Waals surface area contributed by atoms with E-state index in [0.29, 0.717) is 10.5 Å². The number of benzene rings is 2. The van der Waals surface area contributed by atoms with E-state index in [2.05, 4.69) is 5.32 Å². The number of thioether (sulfide) groups is 1. The number of nitro benzene ring substituents is 1. The zero-order valence-corrected chi connectivity index (χ0v) is 16.1. The van der Waals surface area contributed by atoms with Crippen LogP contribution >= 0.6 is 11.8 Å². The first kappa shape index (κ1) is 19.9. The fourth-order valence-electron chi connectivity index (χ4n) is 2.52. The van der Waals surface area contributed by atoms with Gasteiger partial charge in [-0.25, -0.2) is 0 Å². The van der Waals surface area contributed by atoms with Crippen LogP contribution in [0.5, 0.6) is 0 Å². The number of rotatable bonds is 8. The lowest BCUT2D eigenvalue weighted by molar-refractivity contribution is -0.384. The molecule has 1 saturated carbocycles. The lowest BCUT2D eigenvalue weighted by Crippen LogP contribution is -2.34. The molecule has 0 bridgehead atoms. The van der Waals surface area contributed by atoms with Crippen molar-refractivity contribution in [2.45, 2.75) is 42.1 Å². The van der Waals surface area contributed by atoms with Crippen LogP contribution in [0.1, 0.15) is 31.4 Å². The van der Waals surface area contributed by atoms with E-state index in [9.17, 15) is 19.7 Å². The van der Waals surface area contributed by atoms with Crippen LogP contribution in [0, 0.1) is 10.1 Å². The van der Waals surface area contributed by atoms with Crippen molar-refractivity contribution in [3.05, 3.63) is 70.3 Å². The highest BCUT2D eigenvalue weighted by atomic mass is 32.2. The number of carbonyl (C=O) groups excluding carboxylic acids is 2. The first-order valence-electron chi connectivity index (χ1n) is 8.91. The van der Waals surface area contributed by atoms with Gasteiger partial charge in [0.05, 0.1) is 4.92 Å². The quantitative estimate of drug-likeness (QED) is 0.314. The molecule has 0 spiro atoms. The van der Waals surface area contributed by atoms with Gasteiger partial charge in [0.2, 0.25) is 6.10 Å². The highest BCUT2D eigenvalue weighted by molar-refractivity contribution is 8.00. The monoisotopic (exact) mass is 400 g/mol. The molecule has 0 unspecified atom stereocenters. The van der Waals surface area contributed by atoms with Gasteiger partial charge in [0.15, 0.2) is 0 Å². The number of hydrogen-bond donors (Lipinski definition) is 1. The van der Waals surface area contributed by atoms with Gasteiger partial charge >= 0.3 is 5.97 Å². The van der Waals surface area contributed by atoms with E-state index in [4.69, 9.17) is 4.74 Å². The van der Waals surface area contributed by atoms with E-state index in [-0.39, 0.29) is 17.6 Å². The molecule has 1 N–H and O–H groups in total. The van der Waals surface area contributed by atoms with Crippen molar-refractivity contribution in [1.29, 1.82) is 0 Å². The molecule has 1 fully saturated rings. The summed E-state index contributed by atoms with van der Waals surface area (Å²) in [5.74, 6) is -0.849. The van der Waals surface area contributed by atoms with Gasteiger partial charge in [0.1, 0.15) is 5.25 Å². The van der Waals surface area contributed by atoms with Gasteiger partial charge in [-0.2, -0.15) is 0 Å². The fourth-order valence-corrected chi connectivity index (χ4v) is 3.37. The zero-order chi connectivity index (χ0) is 20.1. The number of ether oxygens (including phenoxy) is 1. The second kappa shape index (κ2) is 8.88. The average molecular weight is 400 g/mol. The summed E-state index contributed by atoms with van der Waals surface area (Å²) in [7, 11) is 0. The van der Waals surface area contributed by atoms with Gasteiger partial charge in [0.25, 0.3) is 11.6 Å². The Morgan fingerprint density at radius 1 is 1.14 bits per heavy atom. The number of nitro groups is 1. The molecule has 2 aromatic rings. The van der Waals surface area contributed by atoms with Gasteiger partial charge in [-0.3, -0.25) is 19.7 Å². The summed E-state index contributed by atoms with van der Waals surface area (Å²) < 4.78 is 5.54. The van der Waals surface area contributed by atoms with Crippen molar-refractivity contribution in [3.63, 3.8) is 0 Å². The van der Waals surface area contributed by atoms with E-state index in [1.54, 1.807) is 43.3 Å². The first-order valence-corrected chi connectivity index (χ1v) is 9.79. The molecule has 0 aliphatic heterocycles. The summed E-state index contributed by atoms with van der Waals surface area (Å²) in [5.41, 5.74) is 0.599. The average Bonchev–Trinajstić information content (AvgIpc) is 3.50. The Balaban J connectivity index is 1.66. The molecule has 0 aromatic heterocycles. The molecule has 0 radical (unpaired) electrons. The molecule has 2 atom stereocenters. The largest absolute Gasteiger partial charge is 0.446 e. The van der Waals surface area contributed by atoms with Gasteiger partial charge < -0.3 is 10.1 Å². The summed E-state index contributed by atoms with van der Waals surface area (Å²) in [4.78, 5) is 36.1. The normalized spacial score (nSPS) is 15.3. The minimum Gasteiger partial charge on any atom is -0.446 e. The van der Waals surface area contributed by atoms with Gasteiger partial charge in [-0.05, 0) is 31.9 Å². The van der Waals surface area contributed by atoms with Gasteiger partial charge in [-0.15, -0.1) is 11.8 Å². The summed E-state index contributed by atoms with van der Waals surface area (Å²) in [6.07, 6.45) is 0.871. The van der Waals surface area contributed by atoms with Crippen molar-refractivity contribution in [3.8, 4) is 0 Å². The van der Waals surface area contributed by atoms with E-state index in [1.807, 2.05) is 6.07 Å². The van der Waals surface area contributed by atoms with Crippen LogP contribution in [0.2, 0.25) is 0 Å². The van der Waals surface area contributed by atoms with Gasteiger partial charge in [0, 0.05) is 28.6 Å². The predicted molar refractivity (Wildman–Crippen MR) is 105 cm³/mol. The Morgan fingerprint density at radius 3 is 2.36 bits per heavy atom. The molecule has 7 nitrogen and oxygen atoms in total. The highest BCUT2D eigenvalue weighted by Crippen LogP contribution is 2.28.